The van der Waals surface area contributed by atoms with E-state index in [1.54, 1.807) is 13.0 Å². The highest BCUT2D eigenvalue weighted by Crippen LogP contribution is 2.17. The van der Waals surface area contributed by atoms with E-state index in [-0.39, 0.29) is 17.2 Å². The molecular weight excluding hydrogens is 358 g/mol. The van der Waals surface area contributed by atoms with Gasteiger partial charge in [-0.3, -0.25) is 4.79 Å². The second-order valence-electron chi connectivity index (χ2n) is 4.37. The zero-order valence-electron chi connectivity index (χ0n) is 11.3. The molecule has 2 aromatic rings. The van der Waals surface area contributed by atoms with Gasteiger partial charge in [0.1, 0.15) is 5.56 Å². The first-order valence-corrected chi connectivity index (χ1v) is 7.51. The molecule has 0 unspecified atom stereocenters. The number of rotatable bonds is 4. The number of aromatic nitrogens is 1. The zero-order chi connectivity index (χ0) is 15.4. The number of H-pyrrole nitrogens is 1. The fourth-order valence-corrected chi connectivity index (χ4v) is 2.45. The lowest BCUT2D eigenvalue weighted by atomic mass is 10.1. The van der Waals surface area contributed by atoms with Gasteiger partial charge in [-0.15, -0.1) is 0 Å². The zero-order valence-corrected chi connectivity index (χ0v) is 13.6. The molecule has 1 aromatic heterocycles. The molecule has 1 heterocycles. The summed E-state index contributed by atoms with van der Waals surface area (Å²) < 4.78 is 5.79. The third-order valence-corrected chi connectivity index (χ3v) is 3.66. The topological polar surface area (TPSA) is 59.2 Å². The number of nitrogens with one attached hydrogen (secondary N) is 1. The third-order valence-electron chi connectivity index (χ3n) is 2.83. The van der Waals surface area contributed by atoms with Crippen molar-refractivity contribution < 1.29 is 9.53 Å². The van der Waals surface area contributed by atoms with Gasteiger partial charge in [-0.2, -0.15) is 0 Å². The number of halogens is 2. The summed E-state index contributed by atoms with van der Waals surface area (Å²) in [6, 6.07) is 9.30. The van der Waals surface area contributed by atoms with Crippen LogP contribution in [0.1, 0.15) is 28.5 Å². The fourth-order valence-electron chi connectivity index (χ4n) is 1.89. The summed E-state index contributed by atoms with van der Waals surface area (Å²) in [6.07, 6.45) is 0.519. The van der Waals surface area contributed by atoms with Crippen molar-refractivity contribution in [3.63, 3.8) is 0 Å². The summed E-state index contributed by atoms with van der Waals surface area (Å²) >= 11 is 9.39. The Bertz CT molecular complexity index is 710. The van der Waals surface area contributed by atoms with Crippen LogP contribution in [0.4, 0.5) is 0 Å². The SMILES string of the molecule is CCOC(=O)c1c(Cl)cc(Cc2ccc(Br)cc2)[nH]c1=O. The molecular formula is C15H13BrClNO3. The molecule has 0 aliphatic heterocycles. The van der Waals surface area contributed by atoms with Crippen molar-refractivity contribution in [3.8, 4) is 0 Å². The van der Waals surface area contributed by atoms with Crippen molar-refractivity contribution >= 4 is 33.5 Å². The maximum Gasteiger partial charge on any atom is 0.345 e. The standard InChI is InChI=1S/C15H13BrClNO3/c1-2-21-15(20)13-12(17)8-11(18-14(13)19)7-9-3-5-10(16)6-4-9/h3-6,8H,2,7H2,1H3,(H,18,19). The first-order chi connectivity index (χ1) is 10.0. The van der Waals surface area contributed by atoms with E-state index in [0.29, 0.717) is 12.1 Å². The molecule has 0 radical (unpaired) electrons. The molecule has 0 aliphatic rings. The van der Waals surface area contributed by atoms with Gasteiger partial charge in [-0.25, -0.2) is 4.79 Å². The molecule has 21 heavy (non-hydrogen) atoms. The highest BCUT2D eigenvalue weighted by atomic mass is 79.9. The number of hydrogen-bond donors (Lipinski definition) is 1. The first-order valence-electron chi connectivity index (χ1n) is 6.34. The summed E-state index contributed by atoms with van der Waals surface area (Å²) in [5.41, 5.74) is 0.973. The van der Waals surface area contributed by atoms with E-state index in [1.165, 1.54) is 0 Å². The quantitative estimate of drug-likeness (QED) is 0.837. The van der Waals surface area contributed by atoms with Gasteiger partial charge in [0, 0.05) is 16.6 Å². The van der Waals surface area contributed by atoms with Crippen LogP contribution in [0.15, 0.2) is 39.6 Å². The predicted molar refractivity (Wildman–Crippen MR) is 85.0 cm³/mol. The number of ether oxygens (including phenoxy) is 1. The van der Waals surface area contributed by atoms with Gasteiger partial charge < -0.3 is 9.72 Å². The van der Waals surface area contributed by atoms with Crippen molar-refractivity contribution in [2.75, 3.05) is 6.61 Å². The van der Waals surface area contributed by atoms with Crippen molar-refractivity contribution in [1.82, 2.24) is 4.98 Å². The normalized spacial score (nSPS) is 10.4. The Morgan fingerprint density at radius 1 is 1.33 bits per heavy atom. The van der Waals surface area contributed by atoms with E-state index in [2.05, 4.69) is 20.9 Å². The van der Waals surface area contributed by atoms with E-state index < -0.39 is 11.5 Å². The van der Waals surface area contributed by atoms with E-state index in [4.69, 9.17) is 16.3 Å². The Morgan fingerprint density at radius 2 is 2.00 bits per heavy atom. The number of hydrogen-bond acceptors (Lipinski definition) is 3. The van der Waals surface area contributed by atoms with Gasteiger partial charge in [-0.1, -0.05) is 39.7 Å². The van der Waals surface area contributed by atoms with Crippen LogP contribution in [-0.2, 0) is 11.2 Å². The molecule has 0 aliphatic carbocycles. The van der Waals surface area contributed by atoms with Gasteiger partial charge in [0.25, 0.3) is 5.56 Å². The largest absolute Gasteiger partial charge is 0.462 e. The van der Waals surface area contributed by atoms with Crippen molar-refractivity contribution in [2.45, 2.75) is 13.3 Å². The van der Waals surface area contributed by atoms with Crippen LogP contribution in [0.3, 0.4) is 0 Å². The molecule has 0 saturated heterocycles. The van der Waals surface area contributed by atoms with E-state index in [0.717, 1.165) is 10.0 Å². The Labute approximate surface area is 135 Å². The second kappa shape index (κ2) is 6.91. The Morgan fingerprint density at radius 3 is 2.57 bits per heavy atom. The Balaban J connectivity index is 2.29. The maximum absolute atomic E-state index is 12.0. The van der Waals surface area contributed by atoms with Crippen LogP contribution < -0.4 is 5.56 Å². The average molecular weight is 371 g/mol. The molecule has 6 heteroatoms. The number of carbonyl (C=O) groups excluding carboxylic acids is 1. The summed E-state index contributed by atoms with van der Waals surface area (Å²) in [5, 5.41) is 0.101. The molecule has 1 aromatic carbocycles. The molecule has 0 fully saturated rings. The van der Waals surface area contributed by atoms with Crippen LogP contribution in [0, 0.1) is 0 Å². The van der Waals surface area contributed by atoms with Gasteiger partial charge in [-0.05, 0) is 30.7 Å². The third kappa shape index (κ3) is 3.95. The summed E-state index contributed by atoms with van der Waals surface area (Å²) in [5.74, 6) is -0.709. The number of pyridine rings is 1. The van der Waals surface area contributed by atoms with Crippen LogP contribution in [0.5, 0.6) is 0 Å². The van der Waals surface area contributed by atoms with Gasteiger partial charge in [0.2, 0.25) is 0 Å². The average Bonchev–Trinajstić information content (AvgIpc) is 2.41. The molecule has 0 atom stereocenters. The van der Waals surface area contributed by atoms with E-state index in [9.17, 15) is 9.59 Å². The van der Waals surface area contributed by atoms with Crippen molar-refractivity contribution in [1.29, 1.82) is 0 Å². The molecule has 110 valence electrons. The number of esters is 1. The minimum atomic E-state index is -0.709. The van der Waals surface area contributed by atoms with E-state index in [1.807, 2.05) is 24.3 Å². The van der Waals surface area contributed by atoms with Gasteiger partial charge in [0.05, 0.1) is 11.6 Å². The lowest BCUT2D eigenvalue weighted by Crippen LogP contribution is -2.21. The molecule has 1 N–H and O–H groups in total. The van der Waals surface area contributed by atoms with Crippen molar-refractivity contribution in [3.05, 3.63) is 67.0 Å². The summed E-state index contributed by atoms with van der Waals surface area (Å²) in [7, 11) is 0. The fraction of sp³-hybridized carbons (Fsp3) is 0.200. The monoisotopic (exact) mass is 369 g/mol. The van der Waals surface area contributed by atoms with Crippen LogP contribution in [0.2, 0.25) is 5.02 Å². The molecule has 0 bridgehead atoms. The lowest BCUT2D eigenvalue weighted by molar-refractivity contribution is 0.0524. The minimum absolute atomic E-state index is 0.101. The van der Waals surface area contributed by atoms with Crippen LogP contribution in [-0.4, -0.2) is 17.6 Å². The number of aromatic amines is 1. The first kappa shape index (κ1) is 15.8. The van der Waals surface area contributed by atoms with E-state index >= 15 is 0 Å². The Hall–Kier alpha value is -1.59. The van der Waals surface area contributed by atoms with Crippen LogP contribution in [0.25, 0.3) is 0 Å². The molecule has 0 spiro atoms. The molecule has 0 saturated carbocycles. The molecule has 0 amide bonds. The highest BCUT2D eigenvalue weighted by molar-refractivity contribution is 9.10. The van der Waals surface area contributed by atoms with Crippen LogP contribution >= 0.6 is 27.5 Å². The number of carbonyl (C=O) groups is 1. The highest BCUT2D eigenvalue weighted by Gasteiger charge is 2.17. The smallest absolute Gasteiger partial charge is 0.345 e. The van der Waals surface area contributed by atoms with Gasteiger partial charge >= 0.3 is 5.97 Å². The summed E-state index contributed by atoms with van der Waals surface area (Å²) in [6.45, 7) is 1.86. The molecule has 2 rings (SSSR count). The predicted octanol–water partition coefficient (Wildman–Crippen LogP) is 3.56. The minimum Gasteiger partial charge on any atom is -0.462 e. The maximum atomic E-state index is 12.0. The summed E-state index contributed by atoms with van der Waals surface area (Å²) in [4.78, 5) is 26.3. The molecule has 4 nitrogen and oxygen atoms in total. The lowest BCUT2D eigenvalue weighted by Gasteiger charge is -2.07. The van der Waals surface area contributed by atoms with Gasteiger partial charge in [0.15, 0.2) is 0 Å². The number of benzene rings is 1. The second-order valence-corrected chi connectivity index (χ2v) is 5.69. The Kier molecular flexibility index (Phi) is 5.20. The van der Waals surface area contributed by atoms with Crippen molar-refractivity contribution in [2.24, 2.45) is 0 Å².